The molecule has 0 aliphatic heterocycles. The second-order valence-corrected chi connectivity index (χ2v) is 5.70. The van der Waals surface area contributed by atoms with E-state index >= 15 is 0 Å². The Labute approximate surface area is 135 Å². The largest absolute Gasteiger partial charge is 0.309 e. The van der Waals surface area contributed by atoms with Gasteiger partial charge in [-0.15, -0.1) is 0 Å². The van der Waals surface area contributed by atoms with Crippen molar-refractivity contribution in [2.45, 2.75) is 6.54 Å². The van der Waals surface area contributed by atoms with Gasteiger partial charge in [-0.25, -0.2) is 4.98 Å². The second-order valence-electron chi connectivity index (χ2n) is 5.70. The Balaban J connectivity index is 1.92. The third-order valence-corrected chi connectivity index (χ3v) is 3.69. The molecule has 0 radical (unpaired) electrons. The number of fused-ring (bicyclic) bond motifs is 1. The number of rotatable bonds is 5. The summed E-state index contributed by atoms with van der Waals surface area (Å²) in [5.41, 5.74) is 2.53. The number of aromatic nitrogens is 2. The van der Waals surface area contributed by atoms with Gasteiger partial charge in [-0.05, 0) is 38.4 Å². The number of nitrogens with zero attached hydrogens (tertiary/aromatic N) is 3. The molecule has 0 aliphatic carbocycles. The van der Waals surface area contributed by atoms with E-state index in [1.54, 1.807) is 12.1 Å². The van der Waals surface area contributed by atoms with Crippen molar-refractivity contribution >= 4 is 22.9 Å². The summed E-state index contributed by atoms with van der Waals surface area (Å²) in [6.45, 7) is 1.63. The number of nitrogens with one attached hydrogen (secondary N) is 1. The maximum Gasteiger partial charge on any atom is 0.257 e. The highest BCUT2D eigenvalue weighted by atomic mass is 16.1. The van der Waals surface area contributed by atoms with Gasteiger partial charge < -0.3 is 9.47 Å². The van der Waals surface area contributed by atoms with Crippen LogP contribution in [0.5, 0.6) is 0 Å². The zero-order chi connectivity index (χ0) is 16.2. The van der Waals surface area contributed by atoms with Crippen LogP contribution in [-0.4, -0.2) is 41.0 Å². The van der Waals surface area contributed by atoms with E-state index < -0.39 is 0 Å². The minimum absolute atomic E-state index is 0.146. The van der Waals surface area contributed by atoms with Gasteiger partial charge in [0.25, 0.3) is 5.91 Å². The first kappa shape index (κ1) is 15.2. The quantitative estimate of drug-likeness (QED) is 0.788. The second kappa shape index (κ2) is 6.62. The van der Waals surface area contributed by atoms with Gasteiger partial charge in [0.2, 0.25) is 5.95 Å². The highest BCUT2D eigenvalue weighted by molar-refractivity contribution is 6.04. The van der Waals surface area contributed by atoms with Crippen molar-refractivity contribution in [3.8, 4) is 0 Å². The van der Waals surface area contributed by atoms with Crippen LogP contribution in [-0.2, 0) is 6.54 Å². The highest BCUT2D eigenvalue weighted by Crippen LogP contribution is 2.20. The molecule has 0 aliphatic rings. The zero-order valence-corrected chi connectivity index (χ0v) is 13.4. The molecule has 0 unspecified atom stereocenters. The molecule has 1 aromatic heterocycles. The van der Waals surface area contributed by atoms with Crippen LogP contribution in [0.15, 0.2) is 54.6 Å². The summed E-state index contributed by atoms with van der Waals surface area (Å²) < 4.78 is 2.05. The maximum absolute atomic E-state index is 12.4. The van der Waals surface area contributed by atoms with Gasteiger partial charge in [0.05, 0.1) is 11.0 Å². The van der Waals surface area contributed by atoms with Crippen LogP contribution in [0.1, 0.15) is 10.4 Å². The molecule has 3 aromatic rings. The summed E-state index contributed by atoms with van der Waals surface area (Å²) in [5, 5.41) is 2.93. The van der Waals surface area contributed by atoms with Crippen LogP contribution in [0.3, 0.4) is 0 Å². The number of hydrogen-bond acceptors (Lipinski definition) is 3. The Kier molecular flexibility index (Phi) is 4.39. The number of amides is 1. The SMILES string of the molecule is CN(C)CCn1c(NC(=O)c2ccccc2)nc2ccccc21. The lowest BCUT2D eigenvalue weighted by Crippen LogP contribution is -2.21. The number of para-hydroxylation sites is 2. The normalized spacial score (nSPS) is 11.1. The van der Waals surface area contributed by atoms with Crippen molar-refractivity contribution in [1.29, 1.82) is 0 Å². The Morgan fingerprint density at radius 1 is 1.09 bits per heavy atom. The van der Waals surface area contributed by atoms with Crippen LogP contribution < -0.4 is 5.32 Å². The Morgan fingerprint density at radius 3 is 2.52 bits per heavy atom. The lowest BCUT2D eigenvalue weighted by atomic mass is 10.2. The van der Waals surface area contributed by atoms with Crippen LogP contribution >= 0.6 is 0 Å². The molecule has 1 N–H and O–H groups in total. The molecule has 0 spiro atoms. The third kappa shape index (κ3) is 3.40. The lowest BCUT2D eigenvalue weighted by molar-refractivity contribution is 0.102. The predicted molar refractivity (Wildman–Crippen MR) is 92.7 cm³/mol. The fourth-order valence-corrected chi connectivity index (χ4v) is 2.46. The van der Waals surface area contributed by atoms with E-state index in [1.165, 1.54) is 0 Å². The number of benzene rings is 2. The van der Waals surface area contributed by atoms with E-state index in [4.69, 9.17) is 0 Å². The van der Waals surface area contributed by atoms with Gasteiger partial charge in [0, 0.05) is 18.7 Å². The Morgan fingerprint density at radius 2 is 1.78 bits per heavy atom. The van der Waals surface area contributed by atoms with Gasteiger partial charge in [-0.2, -0.15) is 0 Å². The predicted octanol–water partition coefficient (Wildman–Crippen LogP) is 2.85. The molecular weight excluding hydrogens is 288 g/mol. The van der Waals surface area contributed by atoms with E-state index in [-0.39, 0.29) is 5.91 Å². The van der Waals surface area contributed by atoms with Gasteiger partial charge in [-0.1, -0.05) is 30.3 Å². The summed E-state index contributed by atoms with van der Waals surface area (Å²) in [4.78, 5) is 19.1. The standard InChI is InChI=1S/C18H20N4O/c1-21(2)12-13-22-16-11-7-6-10-15(16)19-18(22)20-17(23)14-8-4-3-5-9-14/h3-11H,12-13H2,1-2H3,(H,19,20,23). The van der Waals surface area contributed by atoms with Crippen LogP contribution in [0.2, 0.25) is 0 Å². The first-order valence-electron chi connectivity index (χ1n) is 7.61. The summed E-state index contributed by atoms with van der Waals surface area (Å²) in [6, 6.07) is 17.1. The fraction of sp³-hybridized carbons (Fsp3) is 0.222. The molecule has 23 heavy (non-hydrogen) atoms. The minimum Gasteiger partial charge on any atom is -0.309 e. The van der Waals surface area contributed by atoms with E-state index in [0.29, 0.717) is 11.5 Å². The summed E-state index contributed by atoms with van der Waals surface area (Å²) >= 11 is 0. The van der Waals surface area contributed by atoms with Crippen molar-refractivity contribution in [2.75, 3.05) is 26.0 Å². The van der Waals surface area contributed by atoms with E-state index in [9.17, 15) is 4.79 Å². The van der Waals surface area contributed by atoms with Crippen molar-refractivity contribution in [2.24, 2.45) is 0 Å². The molecule has 1 heterocycles. The number of anilines is 1. The molecule has 2 aromatic carbocycles. The van der Waals surface area contributed by atoms with E-state index in [1.807, 2.05) is 56.6 Å². The minimum atomic E-state index is -0.146. The van der Waals surface area contributed by atoms with Gasteiger partial charge >= 0.3 is 0 Å². The Bertz CT molecular complexity index is 808. The van der Waals surface area contributed by atoms with Gasteiger partial charge in [0.15, 0.2) is 0 Å². The van der Waals surface area contributed by atoms with E-state index in [2.05, 4.69) is 19.8 Å². The first-order valence-corrected chi connectivity index (χ1v) is 7.61. The monoisotopic (exact) mass is 308 g/mol. The zero-order valence-electron chi connectivity index (χ0n) is 13.4. The van der Waals surface area contributed by atoms with Crippen molar-refractivity contribution < 1.29 is 4.79 Å². The van der Waals surface area contributed by atoms with Crippen molar-refractivity contribution in [3.63, 3.8) is 0 Å². The van der Waals surface area contributed by atoms with E-state index in [0.717, 1.165) is 24.1 Å². The number of hydrogen-bond donors (Lipinski definition) is 1. The molecule has 1 amide bonds. The smallest absolute Gasteiger partial charge is 0.257 e. The molecule has 5 nitrogen and oxygen atoms in total. The Hall–Kier alpha value is -2.66. The summed E-state index contributed by atoms with van der Waals surface area (Å²) in [5.74, 6) is 0.439. The molecule has 0 fully saturated rings. The molecular formula is C18H20N4O. The van der Waals surface area contributed by atoms with Crippen molar-refractivity contribution in [1.82, 2.24) is 14.5 Å². The molecule has 0 saturated carbocycles. The lowest BCUT2D eigenvalue weighted by Gasteiger charge is -2.13. The topological polar surface area (TPSA) is 50.2 Å². The fourth-order valence-electron chi connectivity index (χ4n) is 2.46. The number of likely N-dealkylation sites (N-methyl/N-ethyl adjacent to an activating group) is 1. The third-order valence-electron chi connectivity index (χ3n) is 3.69. The number of imidazole rings is 1. The summed E-state index contributed by atoms with van der Waals surface area (Å²) in [6.07, 6.45) is 0. The first-order chi connectivity index (χ1) is 11.1. The molecule has 0 atom stereocenters. The molecule has 0 bridgehead atoms. The highest BCUT2D eigenvalue weighted by Gasteiger charge is 2.14. The average Bonchev–Trinajstić information content (AvgIpc) is 2.90. The van der Waals surface area contributed by atoms with Crippen LogP contribution in [0, 0.1) is 0 Å². The summed E-state index contributed by atoms with van der Waals surface area (Å²) in [7, 11) is 4.06. The molecule has 3 rings (SSSR count). The van der Waals surface area contributed by atoms with Crippen LogP contribution in [0.25, 0.3) is 11.0 Å². The molecule has 0 saturated heterocycles. The molecule has 118 valence electrons. The maximum atomic E-state index is 12.4. The molecule has 5 heteroatoms. The number of carbonyl (C=O) groups excluding carboxylic acids is 1. The van der Waals surface area contributed by atoms with Gasteiger partial charge in [-0.3, -0.25) is 10.1 Å². The van der Waals surface area contributed by atoms with Gasteiger partial charge in [0.1, 0.15) is 0 Å². The van der Waals surface area contributed by atoms with Crippen LogP contribution in [0.4, 0.5) is 5.95 Å². The number of carbonyl (C=O) groups is 1. The average molecular weight is 308 g/mol. The van der Waals surface area contributed by atoms with Crippen molar-refractivity contribution in [3.05, 3.63) is 60.2 Å².